The highest BCUT2D eigenvalue weighted by Gasteiger charge is 2.18. The number of rotatable bonds is 5. The van der Waals surface area contributed by atoms with Gasteiger partial charge in [-0.25, -0.2) is 5.48 Å². The Balaban J connectivity index is 1.96. The molecule has 0 unspecified atom stereocenters. The first-order valence-corrected chi connectivity index (χ1v) is 8.15. The first-order valence-electron chi connectivity index (χ1n) is 7.34. The Hall–Kier alpha value is -2.89. The van der Waals surface area contributed by atoms with Crippen molar-refractivity contribution in [2.75, 3.05) is 5.32 Å². The molecule has 0 radical (unpaired) electrons. The Bertz CT molecular complexity index is 858. The standard InChI is InChI=1S/C19H16N2O2S/c1-13(20-15-10-6-3-7-11-15)17-12-16(14-8-4-2-5-9-14)18(24-17)19(22)21-23/h2-12,20,23H,1H2,(H,21,22). The van der Waals surface area contributed by atoms with Gasteiger partial charge in [0.15, 0.2) is 0 Å². The van der Waals surface area contributed by atoms with E-state index < -0.39 is 5.91 Å². The minimum absolute atomic E-state index is 0.440. The first kappa shape index (κ1) is 16.0. The van der Waals surface area contributed by atoms with E-state index in [4.69, 9.17) is 5.21 Å². The Kier molecular flexibility index (Phi) is 4.74. The minimum atomic E-state index is -0.530. The monoisotopic (exact) mass is 336 g/mol. The van der Waals surface area contributed by atoms with Crippen molar-refractivity contribution in [3.8, 4) is 11.1 Å². The molecule has 3 aromatic rings. The molecule has 1 aromatic heterocycles. The van der Waals surface area contributed by atoms with Crippen LogP contribution in [0.4, 0.5) is 5.69 Å². The summed E-state index contributed by atoms with van der Waals surface area (Å²) in [5, 5.41) is 12.2. The minimum Gasteiger partial charge on any atom is -0.355 e. The largest absolute Gasteiger partial charge is 0.355 e. The van der Waals surface area contributed by atoms with Gasteiger partial charge in [0.1, 0.15) is 4.88 Å². The molecular formula is C19H16N2O2S. The van der Waals surface area contributed by atoms with Gasteiger partial charge in [0.25, 0.3) is 5.91 Å². The smallest absolute Gasteiger partial charge is 0.285 e. The third kappa shape index (κ3) is 3.37. The molecule has 24 heavy (non-hydrogen) atoms. The van der Waals surface area contributed by atoms with E-state index in [0.717, 1.165) is 21.7 Å². The second-order valence-corrected chi connectivity index (χ2v) is 6.18. The highest BCUT2D eigenvalue weighted by atomic mass is 32.1. The molecule has 4 nitrogen and oxygen atoms in total. The zero-order chi connectivity index (χ0) is 16.9. The summed E-state index contributed by atoms with van der Waals surface area (Å²) in [6, 6.07) is 21.2. The Morgan fingerprint density at radius 1 is 1.00 bits per heavy atom. The van der Waals surface area contributed by atoms with Crippen LogP contribution in [0.1, 0.15) is 14.5 Å². The average molecular weight is 336 g/mol. The van der Waals surface area contributed by atoms with Crippen molar-refractivity contribution >= 4 is 28.6 Å². The number of thiophene rings is 1. The number of benzene rings is 2. The molecule has 0 saturated carbocycles. The van der Waals surface area contributed by atoms with Crippen molar-refractivity contribution in [2.45, 2.75) is 0 Å². The van der Waals surface area contributed by atoms with Gasteiger partial charge in [-0.15, -0.1) is 11.3 Å². The summed E-state index contributed by atoms with van der Waals surface area (Å²) in [5.41, 5.74) is 5.00. The Labute approximate surface area is 144 Å². The molecule has 120 valence electrons. The van der Waals surface area contributed by atoms with Gasteiger partial charge in [-0.05, 0) is 23.8 Å². The third-order valence-corrected chi connectivity index (χ3v) is 4.68. The van der Waals surface area contributed by atoms with E-state index in [1.54, 1.807) is 5.48 Å². The van der Waals surface area contributed by atoms with E-state index in [9.17, 15) is 4.79 Å². The first-order chi connectivity index (χ1) is 11.7. The van der Waals surface area contributed by atoms with Crippen LogP contribution in [-0.2, 0) is 0 Å². The second kappa shape index (κ2) is 7.12. The van der Waals surface area contributed by atoms with Crippen LogP contribution < -0.4 is 10.8 Å². The van der Waals surface area contributed by atoms with E-state index in [1.165, 1.54) is 11.3 Å². The van der Waals surface area contributed by atoms with Crippen LogP contribution in [0, 0.1) is 0 Å². The summed E-state index contributed by atoms with van der Waals surface area (Å²) >= 11 is 1.28. The molecule has 5 heteroatoms. The molecule has 0 spiro atoms. The summed E-state index contributed by atoms with van der Waals surface area (Å²) in [6.07, 6.45) is 0. The zero-order valence-electron chi connectivity index (χ0n) is 12.8. The molecule has 3 N–H and O–H groups in total. The van der Waals surface area contributed by atoms with E-state index >= 15 is 0 Å². The molecule has 0 aliphatic heterocycles. The van der Waals surface area contributed by atoms with Gasteiger partial charge < -0.3 is 5.32 Å². The lowest BCUT2D eigenvalue weighted by atomic mass is 10.1. The van der Waals surface area contributed by atoms with Gasteiger partial charge in [-0.3, -0.25) is 10.0 Å². The van der Waals surface area contributed by atoms with Gasteiger partial charge in [0.2, 0.25) is 0 Å². The lowest BCUT2D eigenvalue weighted by Crippen LogP contribution is -2.17. The molecule has 0 aliphatic rings. The molecule has 0 bridgehead atoms. The lowest BCUT2D eigenvalue weighted by Gasteiger charge is -2.07. The fraction of sp³-hybridized carbons (Fsp3) is 0. The van der Waals surface area contributed by atoms with Gasteiger partial charge in [-0.1, -0.05) is 55.1 Å². The van der Waals surface area contributed by atoms with Crippen molar-refractivity contribution in [1.82, 2.24) is 5.48 Å². The van der Waals surface area contributed by atoms with Crippen LogP contribution >= 0.6 is 11.3 Å². The molecule has 0 aliphatic carbocycles. The van der Waals surface area contributed by atoms with Crippen molar-refractivity contribution in [3.05, 3.63) is 83.1 Å². The summed E-state index contributed by atoms with van der Waals surface area (Å²) in [7, 11) is 0. The third-order valence-electron chi connectivity index (χ3n) is 3.49. The van der Waals surface area contributed by atoms with Crippen LogP contribution in [0.3, 0.4) is 0 Å². The predicted molar refractivity (Wildman–Crippen MR) is 98.1 cm³/mol. The highest BCUT2D eigenvalue weighted by molar-refractivity contribution is 7.15. The number of para-hydroxylation sites is 1. The zero-order valence-corrected chi connectivity index (χ0v) is 13.6. The second-order valence-electron chi connectivity index (χ2n) is 5.13. The molecule has 1 heterocycles. The molecule has 0 atom stereocenters. The van der Waals surface area contributed by atoms with E-state index in [-0.39, 0.29) is 0 Å². The van der Waals surface area contributed by atoms with E-state index in [2.05, 4.69) is 11.9 Å². The van der Waals surface area contributed by atoms with E-state index in [0.29, 0.717) is 10.6 Å². The summed E-state index contributed by atoms with van der Waals surface area (Å²) < 4.78 is 0. The van der Waals surface area contributed by atoms with Crippen LogP contribution in [0.25, 0.3) is 16.8 Å². The summed E-state index contributed by atoms with van der Waals surface area (Å²) in [6.45, 7) is 4.06. The van der Waals surface area contributed by atoms with Gasteiger partial charge in [0, 0.05) is 16.9 Å². The number of anilines is 1. The fourth-order valence-electron chi connectivity index (χ4n) is 2.35. The fourth-order valence-corrected chi connectivity index (χ4v) is 3.34. The Morgan fingerprint density at radius 3 is 2.25 bits per heavy atom. The summed E-state index contributed by atoms with van der Waals surface area (Å²) in [5.74, 6) is -0.530. The molecule has 1 amide bonds. The van der Waals surface area contributed by atoms with Crippen molar-refractivity contribution in [3.63, 3.8) is 0 Å². The normalized spacial score (nSPS) is 10.2. The maximum Gasteiger partial charge on any atom is 0.285 e. The van der Waals surface area contributed by atoms with Gasteiger partial charge >= 0.3 is 0 Å². The number of carbonyl (C=O) groups excluding carboxylic acids is 1. The number of amides is 1. The van der Waals surface area contributed by atoms with Gasteiger partial charge in [-0.2, -0.15) is 0 Å². The molecule has 2 aromatic carbocycles. The van der Waals surface area contributed by atoms with Crippen molar-refractivity contribution < 1.29 is 10.0 Å². The topological polar surface area (TPSA) is 61.4 Å². The number of hydrogen-bond acceptors (Lipinski definition) is 4. The van der Waals surface area contributed by atoms with E-state index in [1.807, 2.05) is 66.7 Å². The van der Waals surface area contributed by atoms with Crippen molar-refractivity contribution in [2.24, 2.45) is 0 Å². The molecule has 0 fully saturated rings. The number of hydroxylamine groups is 1. The molecule has 0 saturated heterocycles. The number of carbonyl (C=O) groups is 1. The van der Waals surface area contributed by atoms with Crippen LogP contribution in [0.2, 0.25) is 0 Å². The maximum atomic E-state index is 12.0. The van der Waals surface area contributed by atoms with Crippen LogP contribution in [0.5, 0.6) is 0 Å². The lowest BCUT2D eigenvalue weighted by molar-refractivity contribution is 0.0711. The predicted octanol–water partition coefficient (Wildman–Crippen LogP) is 4.62. The van der Waals surface area contributed by atoms with Crippen LogP contribution in [-0.4, -0.2) is 11.1 Å². The SMILES string of the molecule is C=C(Nc1ccccc1)c1cc(-c2ccccc2)c(C(=O)NO)s1. The van der Waals surface area contributed by atoms with Gasteiger partial charge in [0.05, 0.1) is 4.88 Å². The molecule has 3 rings (SSSR count). The molecular weight excluding hydrogens is 320 g/mol. The van der Waals surface area contributed by atoms with Crippen LogP contribution in [0.15, 0.2) is 73.3 Å². The number of hydrogen-bond donors (Lipinski definition) is 3. The maximum absolute atomic E-state index is 12.0. The average Bonchev–Trinajstić information content (AvgIpc) is 3.08. The van der Waals surface area contributed by atoms with Crippen molar-refractivity contribution in [1.29, 1.82) is 0 Å². The highest BCUT2D eigenvalue weighted by Crippen LogP contribution is 2.34. The quantitative estimate of drug-likeness (QED) is 0.471. The summed E-state index contributed by atoms with van der Waals surface area (Å²) in [4.78, 5) is 13.3. The Morgan fingerprint density at radius 2 is 1.62 bits per heavy atom. The number of nitrogens with one attached hydrogen (secondary N) is 2.